The second kappa shape index (κ2) is 12.4. The van der Waals surface area contributed by atoms with Gasteiger partial charge < -0.3 is 9.13 Å². The minimum Gasteiger partial charge on any atom is -0.309 e. The van der Waals surface area contributed by atoms with Crippen LogP contribution in [0.5, 0.6) is 0 Å². The predicted octanol–water partition coefficient (Wildman–Crippen LogP) is 13.5. The highest BCUT2D eigenvalue weighted by Crippen LogP contribution is 2.66. The first-order valence-electron chi connectivity index (χ1n) is 20.9. The van der Waals surface area contributed by atoms with Gasteiger partial charge in [-0.25, -0.2) is 0 Å². The molecule has 3 aliphatic carbocycles. The van der Waals surface area contributed by atoms with Gasteiger partial charge in [0.1, 0.15) is 0 Å². The fourth-order valence-corrected chi connectivity index (χ4v) is 11.4. The maximum absolute atomic E-state index is 10.2. The number of benzene rings is 8. The molecule has 13 rings (SSSR count). The minimum absolute atomic E-state index is 0.0338. The molecule has 10 aromatic rings. The van der Waals surface area contributed by atoms with Crippen LogP contribution in [0.15, 0.2) is 200 Å². The SMILES string of the molecule is N#CC1=CC2C(C=C1)c1ccc(C#N)cc1C21c2ccccc2-c2ccc(-n3c4ccccc4c4cc(-c5ccc6c(c5)c5ccccc5n6-c5ccccc5)ccc43)cc21. The smallest absolute Gasteiger partial charge is 0.0991 e. The van der Waals surface area contributed by atoms with Crippen LogP contribution in [0.1, 0.15) is 33.7 Å². The van der Waals surface area contributed by atoms with Crippen molar-refractivity contribution in [3.8, 4) is 45.8 Å². The molecule has 3 aliphatic rings. The van der Waals surface area contributed by atoms with Gasteiger partial charge >= 0.3 is 0 Å². The number of aromatic nitrogens is 2. The van der Waals surface area contributed by atoms with Gasteiger partial charge in [-0.05, 0) is 123 Å². The zero-order valence-electron chi connectivity index (χ0n) is 32.9. The molecule has 3 atom stereocenters. The van der Waals surface area contributed by atoms with Gasteiger partial charge in [0.2, 0.25) is 0 Å². The van der Waals surface area contributed by atoms with Crippen molar-refractivity contribution in [2.24, 2.45) is 5.92 Å². The fourth-order valence-electron chi connectivity index (χ4n) is 11.4. The number of allylic oxidation sites excluding steroid dienone is 4. The minimum atomic E-state index is -0.587. The lowest BCUT2D eigenvalue weighted by molar-refractivity contribution is 0.464. The van der Waals surface area contributed by atoms with E-state index in [2.05, 4.69) is 203 Å². The second-order valence-corrected chi connectivity index (χ2v) is 16.6. The molecule has 282 valence electrons. The Bertz CT molecular complexity index is 3690. The van der Waals surface area contributed by atoms with Crippen molar-refractivity contribution < 1.29 is 0 Å². The lowest BCUT2D eigenvalue weighted by atomic mass is 9.65. The van der Waals surface area contributed by atoms with Crippen LogP contribution in [-0.2, 0) is 5.41 Å². The van der Waals surface area contributed by atoms with Crippen molar-refractivity contribution >= 4 is 43.6 Å². The lowest BCUT2D eigenvalue weighted by Gasteiger charge is -2.36. The average Bonchev–Trinajstić information content (AvgIpc) is 4.02. The quantitative estimate of drug-likeness (QED) is 0.179. The highest BCUT2D eigenvalue weighted by atomic mass is 15.0. The molecule has 0 N–H and O–H groups in total. The number of para-hydroxylation sites is 3. The van der Waals surface area contributed by atoms with Gasteiger partial charge in [0.15, 0.2) is 0 Å². The standard InChI is InChI=1S/C57H34N4/c58-33-35-18-23-42-43-24-19-36(34-59)29-51(43)57(50(42)28-35)49-15-7-4-12-41(49)44-25-22-40(32-52(44)57)61-54-17-9-6-14-46(54)48-31-38(21-27-56(48)61)37-20-26-55-47(30-37)45-13-5-8-16-53(45)60(55)39-10-2-1-3-11-39/h1-32,42,50H. The first-order chi connectivity index (χ1) is 30.1. The van der Waals surface area contributed by atoms with Crippen LogP contribution >= 0.6 is 0 Å². The molecule has 0 saturated carbocycles. The van der Waals surface area contributed by atoms with Crippen molar-refractivity contribution in [2.45, 2.75) is 11.3 Å². The third kappa shape index (κ3) is 4.46. The molecule has 3 unspecified atom stereocenters. The summed E-state index contributed by atoms with van der Waals surface area (Å²) in [5.74, 6) is 0.0387. The van der Waals surface area contributed by atoms with E-state index in [9.17, 15) is 10.5 Å². The summed E-state index contributed by atoms with van der Waals surface area (Å²) < 4.78 is 4.78. The number of nitriles is 2. The van der Waals surface area contributed by atoms with Crippen molar-refractivity contribution in [2.75, 3.05) is 0 Å². The Morgan fingerprint density at radius 1 is 0.459 bits per heavy atom. The summed E-state index contributed by atoms with van der Waals surface area (Å²) in [4.78, 5) is 0. The second-order valence-electron chi connectivity index (χ2n) is 16.6. The first-order valence-corrected chi connectivity index (χ1v) is 20.9. The molecule has 61 heavy (non-hydrogen) atoms. The summed E-state index contributed by atoms with van der Waals surface area (Å²) >= 11 is 0. The Morgan fingerprint density at radius 3 is 1.79 bits per heavy atom. The Kier molecular flexibility index (Phi) is 6.87. The maximum Gasteiger partial charge on any atom is 0.0991 e. The van der Waals surface area contributed by atoms with Crippen LogP contribution in [0.3, 0.4) is 0 Å². The summed E-state index contributed by atoms with van der Waals surface area (Å²) in [6, 6.07) is 68.6. The monoisotopic (exact) mass is 774 g/mol. The molecule has 0 bridgehead atoms. The lowest BCUT2D eigenvalue weighted by Crippen LogP contribution is -2.33. The van der Waals surface area contributed by atoms with Crippen molar-refractivity contribution in [3.63, 3.8) is 0 Å². The highest BCUT2D eigenvalue weighted by Gasteiger charge is 2.57. The molecule has 2 heterocycles. The van der Waals surface area contributed by atoms with E-state index in [1.165, 1.54) is 71.5 Å². The van der Waals surface area contributed by atoms with E-state index >= 15 is 0 Å². The summed E-state index contributed by atoms with van der Waals surface area (Å²) in [5.41, 5.74) is 17.2. The highest BCUT2D eigenvalue weighted by molar-refractivity contribution is 6.12. The Hall–Kier alpha value is -8.18. The zero-order valence-corrected chi connectivity index (χ0v) is 32.9. The normalized spacial score (nSPS) is 18.2. The van der Waals surface area contributed by atoms with E-state index in [0.717, 1.165) is 28.0 Å². The molecule has 1 spiro atoms. The zero-order chi connectivity index (χ0) is 40.4. The van der Waals surface area contributed by atoms with E-state index in [4.69, 9.17) is 0 Å². The summed E-state index contributed by atoms with van der Waals surface area (Å²) in [7, 11) is 0. The largest absolute Gasteiger partial charge is 0.309 e. The van der Waals surface area contributed by atoms with Crippen LogP contribution in [0.4, 0.5) is 0 Å². The summed E-state index contributed by atoms with van der Waals surface area (Å²) in [5, 5.41) is 25.3. The third-order valence-corrected chi connectivity index (χ3v) is 13.8. The van der Waals surface area contributed by atoms with E-state index < -0.39 is 5.41 Å². The molecule has 0 amide bonds. The number of nitrogens with zero attached hydrogens (tertiary/aromatic N) is 4. The summed E-state index contributed by atoms with van der Waals surface area (Å²) in [6.45, 7) is 0. The fraction of sp³-hybridized carbons (Fsp3) is 0.0526. The van der Waals surface area contributed by atoms with Gasteiger partial charge in [-0.2, -0.15) is 10.5 Å². The van der Waals surface area contributed by atoms with E-state index in [1.54, 1.807) is 0 Å². The molecule has 0 fully saturated rings. The van der Waals surface area contributed by atoms with E-state index in [0.29, 0.717) is 11.1 Å². The molecule has 0 aliphatic heterocycles. The van der Waals surface area contributed by atoms with Crippen LogP contribution < -0.4 is 0 Å². The average molecular weight is 775 g/mol. The van der Waals surface area contributed by atoms with E-state index in [1.807, 2.05) is 12.1 Å². The Morgan fingerprint density at radius 2 is 1.08 bits per heavy atom. The molecule has 2 aromatic heterocycles. The van der Waals surface area contributed by atoms with Gasteiger partial charge in [-0.3, -0.25) is 0 Å². The van der Waals surface area contributed by atoms with Crippen molar-refractivity contribution in [3.05, 3.63) is 228 Å². The van der Waals surface area contributed by atoms with Gasteiger partial charge in [0.05, 0.1) is 45.2 Å². The number of fused-ring (bicyclic) bond motifs is 16. The molecular formula is C57H34N4. The van der Waals surface area contributed by atoms with Crippen LogP contribution in [-0.4, -0.2) is 9.13 Å². The number of hydrogen-bond acceptors (Lipinski definition) is 2. The van der Waals surface area contributed by atoms with Crippen molar-refractivity contribution in [1.29, 1.82) is 10.5 Å². The molecule has 8 aromatic carbocycles. The van der Waals surface area contributed by atoms with Crippen LogP contribution in [0.2, 0.25) is 0 Å². The first kappa shape index (κ1) is 33.8. The topological polar surface area (TPSA) is 57.4 Å². The molecule has 4 heteroatoms. The van der Waals surface area contributed by atoms with Crippen LogP contribution in [0, 0.1) is 28.6 Å². The van der Waals surface area contributed by atoms with Gasteiger partial charge in [-0.15, -0.1) is 0 Å². The third-order valence-electron chi connectivity index (χ3n) is 13.8. The van der Waals surface area contributed by atoms with Gasteiger partial charge in [0, 0.05) is 50.3 Å². The maximum atomic E-state index is 10.2. The molecular weight excluding hydrogens is 741 g/mol. The van der Waals surface area contributed by atoms with Crippen molar-refractivity contribution in [1.82, 2.24) is 9.13 Å². The molecule has 0 radical (unpaired) electrons. The molecule has 4 nitrogen and oxygen atoms in total. The Balaban J connectivity index is 1.02. The van der Waals surface area contributed by atoms with Gasteiger partial charge in [-0.1, -0.05) is 115 Å². The number of rotatable bonds is 3. The van der Waals surface area contributed by atoms with Gasteiger partial charge in [0.25, 0.3) is 0 Å². The van der Waals surface area contributed by atoms with Crippen LogP contribution in [0.25, 0.3) is 77.2 Å². The number of hydrogen-bond donors (Lipinski definition) is 0. The summed E-state index contributed by atoms with van der Waals surface area (Å²) in [6.07, 6.45) is 6.36. The molecule has 0 saturated heterocycles. The van der Waals surface area contributed by atoms with E-state index in [-0.39, 0.29) is 11.8 Å². The Labute approximate surface area is 352 Å². The predicted molar refractivity (Wildman–Crippen MR) is 246 cm³/mol.